The Labute approximate surface area is 93.8 Å². The highest BCUT2D eigenvalue weighted by Crippen LogP contribution is 2.21. The lowest BCUT2D eigenvalue weighted by Crippen LogP contribution is -2.40. The number of likely N-dealkylation sites (tertiary alicyclic amines) is 1. The van der Waals surface area contributed by atoms with Gasteiger partial charge in [-0.15, -0.1) is 0 Å². The zero-order valence-electron chi connectivity index (χ0n) is 8.55. The minimum Gasteiger partial charge on any atom is -0.480 e. The average molecular weight is 233 g/mol. The molecule has 0 aromatic rings. The van der Waals surface area contributed by atoms with Crippen LogP contribution in [0.4, 0.5) is 0 Å². The van der Waals surface area contributed by atoms with E-state index in [-0.39, 0.29) is 18.4 Å². The maximum Gasteiger partial charge on any atom is 0.326 e. The normalized spacial score (nSPS) is 25.6. The highest BCUT2D eigenvalue weighted by molar-refractivity contribution is 7.80. The second-order valence-corrected chi connectivity index (χ2v) is 3.91. The van der Waals surface area contributed by atoms with E-state index in [9.17, 15) is 9.59 Å². The lowest BCUT2D eigenvalue weighted by molar-refractivity contribution is -0.148. The fourth-order valence-electron chi connectivity index (χ4n) is 1.72. The van der Waals surface area contributed by atoms with Crippen molar-refractivity contribution in [1.82, 2.24) is 4.90 Å². The van der Waals surface area contributed by atoms with E-state index in [4.69, 9.17) is 9.84 Å². The third-order valence-corrected chi connectivity index (χ3v) is 2.75. The van der Waals surface area contributed by atoms with Gasteiger partial charge in [-0.25, -0.2) is 4.79 Å². The van der Waals surface area contributed by atoms with Crippen LogP contribution in [0.5, 0.6) is 0 Å². The summed E-state index contributed by atoms with van der Waals surface area (Å²) in [6, 6.07) is -0.748. The van der Waals surface area contributed by atoms with Crippen LogP contribution >= 0.6 is 12.6 Å². The topological polar surface area (TPSA) is 66.8 Å². The summed E-state index contributed by atoms with van der Waals surface area (Å²) in [5, 5.41) is 8.95. The van der Waals surface area contributed by atoms with E-state index >= 15 is 0 Å². The first-order valence-corrected chi connectivity index (χ1v) is 5.39. The molecule has 6 heteroatoms. The van der Waals surface area contributed by atoms with E-state index in [2.05, 4.69) is 12.6 Å². The maximum absolute atomic E-state index is 11.6. The van der Waals surface area contributed by atoms with Crippen molar-refractivity contribution in [3.8, 4) is 0 Å². The fraction of sp³-hybridized carbons (Fsp3) is 0.778. The van der Waals surface area contributed by atoms with Crippen molar-refractivity contribution >= 4 is 24.5 Å². The van der Waals surface area contributed by atoms with Gasteiger partial charge in [-0.2, -0.15) is 12.6 Å². The van der Waals surface area contributed by atoms with Crippen LogP contribution in [0.15, 0.2) is 0 Å². The molecule has 0 radical (unpaired) electrons. The Hall–Kier alpha value is -0.750. The number of carboxylic acids is 1. The van der Waals surface area contributed by atoms with Crippen molar-refractivity contribution in [2.45, 2.75) is 25.0 Å². The van der Waals surface area contributed by atoms with E-state index in [1.165, 1.54) is 12.0 Å². The maximum atomic E-state index is 11.6. The number of amides is 1. The van der Waals surface area contributed by atoms with E-state index in [0.717, 1.165) is 0 Å². The van der Waals surface area contributed by atoms with Gasteiger partial charge in [0.05, 0.1) is 6.10 Å². The molecule has 1 unspecified atom stereocenters. The smallest absolute Gasteiger partial charge is 0.326 e. The van der Waals surface area contributed by atoms with Crippen LogP contribution < -0.4 is 0 Å². The minimum absolute atomic E-state index is 0.169. The van der Waals surface area contributed by atoms with Gasteiger partial charge in [0, 0.05) is 26.5 Å². The van der Waals surface area contributed by atoms with E-state index in [0.29, 0.717) is 18.7 Å². The molecule has 2 atom stereocenters. The van der Waals surface area contributed by atoms with Crippen molar-refractivity contribution in [1.29, 1.82) is 0 Å². The molecular formula is C9H15NO4S. The summed E-state index contributed by atoms with van der Waals surface area (Å²) >= 11 is 3.95. The third-order valence-electron chi connectivity index (χ3n) is 2.53. The summed E-state index contributed by atoms with van der Waals surface area (Å²) in [7, 11) is 1.52. The van der Waals surface area contributed by atoms with Crippen LogP contribution in [-0.4, -0.2) is 53.4 Å². The van der Waals surface area contributed by atoms with Crippen LogP contribution in [0, 0.1) is 0 Å². The largest absolute Gasteiger partial charge is 0.480 e. The highest BCUT2D eigenvalue weighted by atomic mass is 32.1. The summed E-state index contributed by atoms with van der Waals surface area (Å²) in [6.07, 6.45) is 0.461. The SMILES string of the molecule is COC1C[C@@H](C(=O)O)N(C(=O)CCS)C1. The molecule has 0 aliphatic carbocycles. The highest BCUT2D eigenvalue weighted by Gasteiger charge is 2.39. The van der Waals surface area contributed by atoms with Gasteiger partial charge in [0.2, 0.25) is 5.91 Å². The minimum atomic E-state index is -0.970. The molecule has 1 aliphatic heterocycles. The first-order valence-electron chi connectivity index (χ1n) is 4.76. The quantitative estimate of drug-likeness (QED) is 0.671. The second kappa shape index (κ2) is 5.37. The third kappa shape index (κ3) is 2.85. The molecule has 0 bridgehead atoms. The number of carbonyl (C=O) groups is 2. The van der Waals surface area contributed by atoms with Crippen molar-refractivity contribution in [2.75, 3.05) is 19.4 Å². The Morgan fingerprint density at radius 1 is 1.60 bits per heavy atom. The molecule has 15 heavy (non-hydrogen) atoms. The number of rotatable bonds is 4. The Bertz CT molecular complexity index is 258. The molecule has 0 aromatic heterocycles. The molecule has 1 saturated heterocycles. The number of methoxy groups -OCH3 is 1. The Kier molecular flexibility index (Phi) is 4.41. The molecule has 1 heterocycles. The lowest BCUT2D eigenvalue weighted by Gasteiger charge is -2.20. The van der Waals surface area contributed by atoms with Gasteiger partial charge in [0.25, 0.3) is 0 Å². The Morgan fingerprint density at radius 2 is 2.27 bits per heavy atom. The number of nitrogens with zero attached hydrogens (tertiary/aromatic N) is 1. The lowest BCUT2D eigenvalue weighted by atomic mass is 10.2. The van der Waals surface area contributed by atoms with Crippen molar-refractivity contribution < 1.29 is 19.4 Å². The Morgan fingerprint density at radius 3 is 2.73 bits per heavy atom. The van der Waals surface area contributed by atoms with E-state index in [1.54, 1.807) is 0 Å². The summed E-state index contributed by atoms with van der Waals surface area (Å²) in [5.41, 5.74) is 0. The van der Waals surface area contributed by atoms with Gasteiger partial charge in [0.15, 0.2) is 0 Å². The summed E-state index contributed by atoms with van der Waals surface area (Å²) in [6.45, 7) is 0.361. The molecular weight excluding hydrogens is 218 g/mol. The van der Waals surface area contributed by atoms with Gasteiger partial charge >= 0.3 is 5.97 Å². The number of carboxylic acid groups (broad SMARTS) is 1. The number of hydrogen-bond acceptors (Lipinski definition) is 4. The van der Waals surface area contributed by atoms with Crippen molar-refractivity contribution in [3.63, 3.8) is 0 Å². The van der Waals surface area contributed by atoms with Crippen molar-refractivity contribution in [3.05, 3.63) is 0 Å². The van der Waals surface area contributed by atoms with Crippen LogP contribution in [0.3, 0.4) is 0 Å². The number of carbonyl (C=O) groups excluding carboxylic acids is 1. The zero-order valence-corrected chi connectivity index (χ0v) is 9.44. The molecule has 86 valence electrons. The second-order valence-electron chi connectivity index (χ2n) is 3.47. The zero-order chi connectivity index (χ0) is 11.4. The number of hydrogen-bond donors (Lipinski definition) is 2. The van der Waals surface area contributed by atoms with Gasteiger partial charge in [-0.1, -0.05) is 0 Å². The van der Waals surface area contributed by atoms with Crippen molar-refractivity contribution in [2.24, 2.45) is 0 Å². The number of ether oxygens (including phenoxy) is 1. The van der Waals surface area contributed by atoms with E-state index < -0.39 is 12.0 Å². The van der Waals surface area contributed by atoms with Crippen LogP contribution in [-0.2, 0) is 14.3 Å². The molecule has 1 aliphatic rings. The van der Waals surface area contributed by atoms with Crippen LogP contribution in [0.1, 0.15) is 12.8 Å². The average Bonchev–Trinajstić information content (AvgIpc) is 2.61. The summed E-state index contributed by atoms with van der Waals surface area (Å²) < 4.78 is 5.07. The first-order chi connectivity index (χ1) is 7.10. The van der Waals surface area contributed by atoms with Gasteiger partial charge < -0.3 is 14.7 Å². The molecule has 0 saturated carbocycles. The molecule has 1 N–H and O–H groups in total. The molecule has 0 spiro atoms. The molecule has 5 nitrogen and oxygen atoms in total. The van der Waals surface area contributed by atoms with Crippen LogP contribution in [0.25, 0.3) is 0 Å². The molecule has 0 aromatic carbocycles. The predicted molar refractivity (Wildman–Crippen MR) is 57.0 cm³/mol. The fourth-order valence-corrected chi connectivity index (χ4v) is 1.91. The Balaban J connectivity index is 2.68. The molecule has 1 rings (SSSR count). The monoisotopic (exact) mass is 233 g/mol. The first kappa shape index (κ1) is 12.3. The summed E-state index contributed by atoms with van der Waals surface area (Å²) in [5.74, 6) is -0.710. The van der Waals surface area contributed by atoms with Gasteiger partial charge in [-0.05, 0) is 5.75 Å². The standard InChI is InChI=1S/C9H15NO4S/c1-14-6-4-7(9(12)13)10(5-6)8(11)2-3-15/h6-7,15H,2-5H2,1H3,(H,12,13)/t6?,7-/m0/s1. The van der Waals surface area contributed by atoms with Gasteiger partial charge in [-0.3, -0.25) is 4.79 Å². The molecule has 1 amide bonds. The summed E-state index contributed by atoms with van der Waals surface area (Å²) in [4.78, 5) is 23.9. The van der Waals surface area contributed by atoms with Gasteiger partial charge in [0.1, 0.15) is 6.04 Å². The number of thiol groups is 1. The van der Waals surface area contributed by atoms with Crippen LogP contribution in [0.2, 0.25) is 0 Å². The predicted octanol–water partition coefficient (Wildman–Crippen LogP) is 0.00680. The molecule has 1 fully saturated rings. The van der Waals surface area contributed by atoms with E-state index in [1.807, 2.05) is 0 Å². The number of aliphatic carboxylic acids is 1.